The molecule has 4 heteroatoms. The molecule has 2 aromatic carbocycles. The van der Waals surface area contributed by atoms with Gasteiger partial charge in [-0.25, -0.2) is 0 Å². The SMILES string of the molecule is Cc1cccc(C(=O)N(CC(=O)O)Cc2ccccc2)c1. The van der Waals surface area contributed by atoms with Gasteiger partial charge in [0.1, 0.15) is 6.54 Å². The molecule has 1 amide bonds. The van der Waals surface area contributed by atoms with Gasteiger partial charge < -0.3 is 10.0 Å². The number of nitrogens with zero attached hydrogens (tertiary/aromatic N) is 1. The van der Waals surface area contributed by atoms with E-state index in [0.717, 1.165) is 11.1 Å². The zero-order chi connectivity index (χ0) is 15.2. The Hall–Kier alpha value is -2.62. The molecule has 1 N–H and O–H groups in total. The Balaban J connectivity index is 2.23. The Morgan fingerprint density at radius 3 is 2.38 bits per heavy atom. The normalized spacial score (nSPS) is 10.1. The predicted octanol–water partition coefficient (Wildman–Crippen LogP) is 2.72. The molecule has 0 aromatic heterocycles. The number of carbonyl (C=O) groups excluding carboxylic acids is 1. The molecule has 0 saturated carbocycles. The number of carbonyl (C=O) groups is 2. The lowest BCUT2D eigenvalue weighted by molar-refractivity contribution is -0.137. The van der Waals surface area contributed by atoms with Crippen LogP contribution in [0.5, 0.6) is 0 Å². The van der Waals surface area contributed by atoms with Gasteiger partial charge in [0, 0.05) is 12.1 Å². The van der Waals surface area contributed by atoms with Crippen molar-refractivity contribution in [2.24, 2.45) is 0 Å². The van der Waals surface area contributed by atoms with Gasteiger partial charge in [0.05, 0.1) is 0 Å². The van der Waals surface area contributed by atoms with Crippen LogP contribution in [0.1, 0.15) is 21.5 Å². The summed E-state index contributed by atoms with van der Waals surface area (Å²) in [6.07, 6.45) is 0. The van der Waals surface area contributed by atoms with Gasteiger partial charge in [-0.15, -0.1) is 0 Å². The van der Waals surface area contributed by atoms with Gasteiger partial charge in [-0.3, -0.25) is 9.59 Å². The van der Waals surface area contributed by atoms with Crippen LogP contribution in [-0.4, -0.2) is 28.4 Å². The number of carboxylic acid groups (broad SMARTS) is 1. The molecule has 0 aliphatic rings. The number of rotatable bonds is 5. The van der Waals surface area contributed by atoms with Gasteiger partial charge in [-0.1, -0.05) is 48.0 Å². The average Bonchev–Trinajstić information content (AvgIpc) is 2.46. The van der Waals surface area contributed by atoms with Crippen LogP contribution in [0.3, 0.4) is 0 Å². The molecule has 2 rings (SSSR count). The fourth-order valence-corrected chi connectivity index (χ4v) is 2.13. The van der Waals surface area contributed by atoms with Gasteiger partial charge >= 0.3 is 5.97 Å². The molecule has 0 radical (unpaired) electrons. The smallest absolute Gasteiger partial charge is 0.323 e. The van der Waals surface area contributed by atoms with Gasteiger partial charge in [-0.05, 0) is 24.6 Å². The summed E-state index contributed by atoms with van der Waals surface area (Å²) in [5.74, 6) is -1.29. The topological polar surface area (TPSA) is 57.6 Å². The molecule has 0 heterocycles. The molecule has 0 bridgehead atoms. The fourth-order valence-electron chi connectivity index (χ4n) is 2.13. The van der Waals surface area contributed by atoms with Crippen molar-refractivity contribution in [3.05, 3.63) is 71.3 Å². The highest BCUT2D eigenvalue weighted by molar-refractivity contribution is 5.96. The highest BCUT2D eigenvalue weighted by Gasteiger charge is 2.18. The summed E-state index contributed by atoms with van der Waals surface area (Å²) in [6.45, 7) is 1.86. The second-order valence-corrected chi connectivity index (χ2v) is 4.91. The monoisotopic (exact) mass is 283 g/mol. The van der Waals surface area contributed by atoms with E-state index >= 15 is 0 Å². The van der Waals surface area contributed by atoms with E-state index in [1.165, 1.54) is 4.90 Å². The van der Waals surface area contributed by atoms with Crippen LogP contribution in [0.4, 0.5) is 0 Å². The van der Waals surface area contributed by atoms with Crippen LogP contribution in [0.2, 0.25) is 0 Å². The van der Waals surface area contributed by atoms with Crippen molar-refractivity contribution < 1.29 is 14.7 Å². The Morgan fingerprint density at radius 1 is 1.05 bits per heavy atom. The van der Waals surface area contributed by atoms with Crippen molar-refractivity contribution in [2.45, 2.75) is 13.5 Å². The number of aliphatic carboxylic acids is 1. The third-order valence-electron chi connectivity index (χ3n) is 3.09. The summed E-state index contributed by atoms with van der Waals surface area (Å²) in [5.41, 5.74) is 2.38. The number of amides is 1. The second kappa shape index (κ2) is 6.70. The van der Waals surface area contributed by atoms with E-state index < -0.39 is 5.97 Å². The highest BCUT2D eigenvalue weighted by atomic mass is 16.4. The maximum atomic E-state index is 12.5. The fraction of sp³-hybridized carbons (Fsp3) is 0.176. The lowest BCUT2D eigenvalue weighted by atomic mass is 10.1. The minimum atomic E-state index is -1.02. The Morgan fingerprint density at radius 2 is 1.76 bits per heavy atom. The van der Waals surface area contributed by atoms with E-state index in [1.807, 2.05) is 43.3 Å². The minimum Gasteiger partial charge on any atom is -0.480 e. The van der Waals surface area contributed by atoms with Gasteiger partial charge in [0.15, 0.2) is 0 Å². The zero-order valence-corrected chi connectivity index (χ0v) is 11.8. The summed E-state index contributed by atoms with van der Waals surface area (Å²) in [6, 6.07) is 16.5. The Bertz CT molecular complexity index is 637. The first kappa shape index (κ1) is 14.8. The molecule has 0 aliphatic heterocycles. The van der Waals surface area contributed by atoms with Crippen LogP contribution in [-0.2, 0) is 11.3 Å². The van der Waals surface area contributed by atoms with E-state index in [4.69, 9.17) is 5.11 Å². The van der Waals surface area contributed by atoms with Crippen LogP contribution < -0.4 is 0 Å². The molecule has 0 unspecified atom stereocenters. The van der Waals surface area contributed by atoms with Crippen molar-refractivity contribution in [3.8, 4) is 0 Å². The molecule has 0 saturated heterocycles. The predicted molar refractivity (Wildman–Crippen MR) is 80.0 cm³/mol. The molecule has 108 valence electrons. The van der Waals surface area contributed by atoms with Crippen molar-refractivity contribution >= 4 is 11.9 Å². The molecule has 21 heavy (non-hydrogen) atoms. The molecule has 0 atom stereocenters. The van der Waals surface area contributed by atoms with Crippen LogP contribution in [0, 0.1) is 6.92 Å². The van der Waals surface area contributed by atoms with Crippen molar-refractivity contribution in [3.63, 3.8) is 0 Å². The first-order valence-corrected chi connectivity index (χ1v) is 6.68. The molecule has 4 nitrogen and oxygen atoms in total. The third-order valence-corrected chi connectivity index (χ3v) is 3.09. The van der Waals surface area contributed by atoms with Gasteiger partial charge in [0.25, 0.3) is 5.91 Å². The lowest BCUT2D eigenvalue weighted by Crippen LogP contribution is -2.35. The van der Waals surface area contributed by atoms with Crippen molar-refractivity contribution in [2.75, 3.05) is 6.54 Å². The van der Waals surface area contributed by atoms with E-state index in [-0.39, 0.29) is 19.0 Å². The largest absolute Gasteiger partial charge is 0.480 e. The van der Waals surface area contributed by atoms with Crippen LogP contribution in [0.25, 0.3) is 0 Å². The Labute approximate surface area is 123 Å². The van der Waals surface area contributed by atoms with Crippen molar-refractivity contribution in [1.82, 2.24) is 4.90 Å². The number of benzene rings is 2. The second-order valence-electron chi connectivity index (χ2n) is 4.91. The van der Waals surface area contributed by atoms with E-state index in [2.05, 4.69) is 0 Å². The van der Waals surface area contributed by atoms with Crippen LogP contribution >= 0.6 is 0 Å². The quantitative estimate of drug-likeness (QED) is 0.918. The Kier molecular flexibility index (Phi) is 4.72. The summed E-state index contributed by atoms with van der Waals surface area (Å²) in [5, 5.41) is 9.02. The summed E-state index contributed by atoms with van der Waals surface area (Å²) < 4.78 is 0. The molecule has 0 fully saturated rings. The number of hydrogen-bond acceptors (Lipinski definition) is 2. The highest BCUT2D eigenvalue weighted by Crippen LogP contribution is 2.11. The minimum absolute atomic E-state index is 0.273. The van der Waals surface area contributed by atoms with Crippen molar-refractivity contribution in [1.29, 1.82) is 0 Å². The first-order chi connectivity index (χ1) is 10.1. The molecule has 0 spiro atoms. The zero-order valence-electron chi connectivity index (χ0n) is 11.8. The first-order valence-electron chi connectivity index (χ1n) is 6.68. The van der Waals surface area contributed by atoms with E-state index in [9.17, 15) is 9.59 Å². The maximum absolute atomic E-state index is 12.5. The average molecular weight is 283 g/mol. The van der Waals surface area contributed by atoms with Crippen LogP contribution in [0.15, 0.2) is 54.6 Å². The van der Waals surface area contributed by atoms with E-state index in [0.29, 0.717) is 5.56 Å². The summed E-state index contributed by atoms with van der Waals surface area (Å²) in [7, 11) is 0. The number of hydrogen-bond donors (Lipinski definition) is 1. The van der Waals surface area contributed by atoms with Gasteiger partial charge in [0.2, 0.25) is 0 Å². The standard InChI is InChI=1S/C17H17NO3/c1-13-6-5-9-15(10-13)17(21)18(12-16(19)20)11-14-7-3-2-4-8-14/h2-10H,11-12H2,1H3,(H,19,20). The van der Waals surface area contributed by atoms with E-state index in [1.54, 1.807) is 18.2 Å². The lowest BCUT2D eigenvalue weighted by Gasteiger charge is -2.21. The number of carboxylic acids is 1. The maximum Gasteiger partial charge on any atom is 0.323 e. The third kappa shape index (κ3) is 4.18. The summed E-state index contributed by atoms with van der Waals surface area (Å²) >= 11 is 0. The van der Waals surface area contributed by atoms with Gasteiger partial charge in [-0.2, -0.15) is 0 Å². The molecule has 0 aliphatic carbocycles. The molecular weight excluding hydrogens is 266 g/mol. The molecule has 2 aromatic rings. The molecular formula is C17H17NO3. The summed E-state index contributed by atoms with van der Waals surface area (Å²) in [4.78, 5) is 24.8. The number of aryl methyl sites for hydroxylation is 1.